The number of carboxylic acid groups (broad SMARTS) is 1. The maximum Gasteiger partial charge on any atom is 0.413 e. The molecule has 26 heavy (non-hydrogen) atoms. The highest BCUT2D eigenvalue weighted by atomic mass is 16.4. The molecule has 1 heterocycles. The normalized spacial score (nSPS) is 10.6. The van der Waals surface area contributed by atoms with E-state index in [4.69, 9.17) is 0 Å². The summed E-state index contributed by atoms with van der Waals surface area (Å²) in [6.07, 6.45) is -1.05. The maximum absolute atomic E-state index is 11.7. The SMILES string of the molecule is CC(C)N(C(=O)O)c1cc(Nc2ccccc2)nc(-c2ccccc2)n1. The number of nitrogens with one attached hydrogen (secondary N) is 1. The van der Waals surface area contributed by atoms with Gasteiger partial charge < -0.3 is 10.4 Å². The second kappa shape index (κ2) is 7.65. The minimum absolute atomic E-state index is 0.254. The van der Waals surface area contributed by atoms with E-state index < -0.39 is 6.09 Å². The number of nitrogens with zero attached hydrogens (tertiary/aromatic N) is 3. The number of aromatic nitrogens is 2. The molecule has 6 nitrogen and oxygen atoms in total. The number of benzene rings is 2. The van der Waals surface area contributed by atoms with Gasteiger partial charge >= 0.3 is 6.09 Å². The van der Waals surface area contributed by atoms with Crippen molar-refractivity contribution in [2.45, 2.75) is 19.9 Å². The van der Waals surface area contributed by atoms with E-state index in [0.717, 1.165) is 11.3 Å². The Labute approximate surface area is 152 Å². The summed E-state index contributed by atoms with van der Waals surface area (Å²) >= 11 is 0. The zero-order valence-electron chi connectivity index (χ0n) is 14.6. The van der Waals surface area contributed by atoms with Gasteiger partial charge in [-0.25, -0.2) is 14.8 Å². The molecule has 1 amide bonds. The van der Waals surface area contributed by atoms with Crippen molar-refractivity contribution in [1.29, 1.82) is 0 Å². The lowest BCUT2D eigenvalue weighted by Crippen LogP contribution is -2.36. The first-order valence-corrected chi connectivity index (χ1v) is 8.33. The molecule has 3 aromatic rings. The van der Waals surface area contributed by atoms with Crippen molar-refractivity contribution in [3.05, 3.63) is 66.7 Å². The third-order valence-electron chi connectivity index (χ3n) is 3.76. The number of para-hydroxylation sites is 1. The number of hydrogen-bond acceptors (Lipinski definition) is 4. The van der Waals surface area contributed by atoms with Gasteiger partial charge in [-0.2, -0.15) is 0 Å². The van der Waals surface area contributed by atoms with Gasteiger partial charge in [0.1, 0.15) is 11.6 Å². The number of anilines is 3. The Bertz CT molecular complexity index is 883. The van der Waals surface area contributed by atoms with Gasteiger partial charge in [-0.1, -0.05) is 48.5 Å². The Kier molecular flexibility index (Phi) is 5.12. The number of amides is 1. The topological polar surface area (TPSA) is 78.4 Å². The van der Waals surface area contributed by atoms with Crippen LogP contribution in [0.25, 0.3) is 11.4 Å². The van der Waals surface area contributed by atoms with Crippen molar-refractivity contribution in [1.82, 2.24) is 9.97 Å². The summed E-state index contributed by atoms with van der Waals surface area (Å²) in [4.78, 5) is 22.0. The van der Waals surface area contributed by atoms with Crippen LogP contribution in [-0.2, 0) is 0 Å². The average Bonchev–Trinajstić information content (AvgIpc) is 2.62. The van der Waals surface area contributed by atoms with Crippen LogP contribution in [0.4, 0.5) is 22.1 Å². The van der Waals surface area contributed by atoms with Gasteiger partial charge in [0.15, 0.2) is 5.82 Å². The average molecular weight is 348 g/mol. The summed E-state index contributed by atoms with van der Waals surface area (Å²) in [5, 5.41) is 12.8. The summed E-state index contributed by atoms with van der Waals surface area (Å²) in [5.41, 5.74) is 1.68. The minimum atomic E-state index is -1.05. The van der Waals surface area contributed by atoms with Gasteiger partial charge in [0.2, 0.25) is 0 Å². The predicted molar refractivity (Wildman–Crippen MR) is 103 cm³/mol. The molecule has 0 aliphatic rings. The monoisotopic (exact) mass is 348 g/mol. The van der Waals surface area contributed by atoms with E-state index in [0.29, 0.717) is 17.5 Å². The summed E-state index contributed by atoms with van der Waals surface area (Å²) in [5.74, 6) is 1.33. The van der Waals surface area contributed by atoms with Crippen molar-refractivity contribution in [2.24, 2.45) is 0 Å². The van der Waals surface area contributed by atoms with Gasteiger partial charge in [-0.15, -0.1) is 0 Å². The van der Waals surface area contributed by atoms with Crippen LogP contribution in [-0.4, -0.2) is 27.2 Å². The highest BCUT2D eigenvalue weighted by Gasteiger charge is 2.21. The Morgan fingerprint density at radius 1 is 1.00 bits per heavy atom. The number of rotatable bonds is 5. The summed E-state index contributed by atoms with van der Waals surface area (Å²) in [6.45, 7) is 3.62. The van der Waals surface area contributed by atoms with Gasteiger partial charge in [0.05, 0.1) is 0 Å². The predicted octanol–water partition coefficient (Wildman–Crippen LogP) is 4.78. The van der Waals surface area contributed by atoms with Crippen LogP contribution < -0.4 is 10.2 Å². The van der Waals surface area contributed by atoms with Crippen molar-refractivity contribution >= 4 is 23.4 Å². The van der Waals surface area contributed by atoms with Crippen LogP contribution in [0, 0.1) is 0 Å². The molecular weight excluding hydrogens is 328 g/mol. The fourth-order valence-electron chi connectivity index (χ4n) is 2.59. The van der Waals surface area contributed by atoms with E-state index in [1.54, 1.807) is 6.07 Å². The molecule has 132 valence electrons. The van der Waals surface area contributed by atoms with E-state index in [1.807, 2.05) is 74.5 Å². The number of hydrogen-bond donors (Lipinski definition) is 2. The fraction of sp³-hybridized carbons (Fsp3) is 0.150. The van der Waals surface area contributed by atoms with Crippen molar-refractivity contribution in [2.75, 3.05) is 10.2 Å². The van der Waals surface area contributed by atoms with Crippen LogP contribution in [0.2, 0.25) is 0 Å². The second-order valence-electron chi connectivity index (χ2n) is 6.04. The van der Waals surface area contributed by atoms with Gasteiger partial charge in [-0.3, -0.25) is 4.90 Å². The smallest absolute Gasteiger partial charge is 0.413 e. The molecule has 6 heteroatoms. The van der Waals surface area contributed by atoms with Crippen LogP contribution >= 0.6 is 0 Å². The van der Waals surface area contributed by atoms with Crippen molar-refractivity contribution in [3.63, 3.8) is 0 Å². The van der Waals surface area contributed by atoms with Gasteiger partial charge in [-0.05, 0) is 26.0 Å². The largest absolute Gasteiger partial charge is 0.465 e. The van der Waals surface area contributed by atoms with Crippen molar-refractivity contribution in [3.8, 4) is 11.4 Å². The number of carbonyl (C=O) groups is 1. The molecule has 0 spiro atoms. The first-order valence-electron chi connectivity index (χ1n) is 8.33. The lowest BCUT2D eigenvalue weighted by Gasteiger charge is -2.23. The van der Waals surface area contributed by atoms with Crippen LogP contribution in [0.1, 0.15) is 13.8 Å². The first-order chi connectivity index (χ1) is 12.5. The van der Waals surface area contributed by atoms with E-state index in [-0.39, 0.29) is 6.04 Å². The molecular formula is C20H20N4O2. The maximum atomic E-state index is 11.7. The Hall–Kier alpha value is -3.41. The minimum Gasteiger partial charge on any atom is -0.465 e. The second-order valence-corrected chi connectivity index (χ2v) is 6.04. The third-order valence-corrected chi connectivity index (χ3v) is 3.76. The van der Waals surface area contributed by atoms with Crippen molar-refractivity contribution < 1.29 is 9.90 Å². The van der Waals surface area contributed by atoms with E-state index in [1.165, 1.54) is 4.90 Å². The molecule has 0 aliphatic carbocycles. The lowest BCUT2D eigenvalue weighted by molar-refractivity contribution is 0.200. The standard InChI is InChI=1S/C20H20N4O2/c1-14(2)24(20(25)26)18-13-17(21-16-11-7-4-8-12-16)22-19(23-18)15-9-5-3-6-10-15/h3-14H,1-2H3,(H,25,26)(H,21,22,23). The molecule has 0 saturated heterocycles. The third kappa shape index (κ3) is 3.97. The molecule has 3 rings (SSSR count). The van der Waals surface area contributed by atoms with E-state index in [2.05, 4.69) is 15.3 Å². The molecule has 0 fully saturated rings. The molecule has 2 aromatic carbocycles. The molecule has 0 unspecified atom stereocenters. The van der Waals surface area contributed by atoms with Crippen LogP contribution in [0.15, 0.2) is 66.7 Å². The lowest BCUT2D eigenvalue weighted by atomic mass is 10.2. The highest BCUT2D eigenvalue weighted by molar-refractivity contribution is 5.86. The molecule has 0 saturated carbocycles. The molecule has 0 bridgehead atoms. The first kappa shape index (κ1) is 17.4. The molecule has 1 aromatic heterocycles. The van der Waals surface area contributed by atoms with E-state index >= 15 is 0 Å². The van der Waals surface area contributed by atoms with E-state index in [9.17, 15) is 9.90 Å². The quantitative estimate of drug-likeness (QED) is 0.694. The van der Waals surface area contributed by atoms with Crippen LogP contribution in [0.5, 0.6) is 0 Å². The zero-order chi connectivity index (χ0) is 18.5. The van der Waals surface area contributed by atoms with Gasteiger partial charge in [0, 0.05) is 23.4 Å². The summed E-state index contributed by atoms with van der Waals surface area (Å²) in [6, 6.07) is 20.5. The molecule has 2 N–H and O–H groups in total. The Balaban J connectivity index is 2.09. The molecule has 0 radical (unpaired) electrons. The van der Waals surface area contributed by atoms with Gasteiger partial charge in [0.25, 0.3) is 0 Å². The van der Waals surface area contributed by atoms with Crippen LogP contribution in [0.3, 0.4) is 0 Å². The Morgan fingerprint density at radius 3 is 2.19 bits per heavy atom. The Morgan fingerprint density at radius 2 is 1.62 bits per heavy atom. The fourth-order valence-corrected chi connectivity index (χ4v) is 2.59. The summed E-state index contributed by atoms with van der Waals surface area (Å²) < 4.78 is 0. The molecule has 0 atom stereocenters. The molecule has 0 aliphatic heterocycles. The zero-order valence-corrected chi connectivity index (χ0v) is 14.6. The summed E-state index contributed by atoms with van der Waals surface area (Å²) in [7, 11) is 0. The highest BCUT2D eigenvalue weighted by Crippen LogP contribution is 2.25.